The van der Waals surface area contributed by atoms with Gasteiger partial charge < -0.3 is 19.7 Å². The lowest BCUT2D eigenvalue weighted by Gasteiger charge is -2.23. The normalized spacial score (nSPS) is 10.3. The molecule has 0 radical (unpaired) electrons. The second-order valence-electron chi connectivity index (χ2n) is 6.32. The SMILES string of the molecule is COc1ccc(OC)c(NC(=O)CCN(C(C)=O)c2ccc(C)cc2C)c1. The van der Waals surface area contributed by atoms with Gasteiger partial charge in [0.15, 0.2) is 0 Å². The zero-order valence-electron chi connectivity index (χ0n) is 16.5. The molecule has 0 aliphatic rings. The number of hydrogen-bond donors (Lipinski definition) is 1. The zero-order valence-corrected chi connectivity index (χ0v) is 16.5. The molecule has 6 heteroatoms. The number of anilines is 2. The largest absolute Gasteiger partial charge is 0.497 e. The van der Waals surface area contributed by atoms with E-state index in [1.54, 1.807) is 30.2 Å². The minimum Gasteiger partial charge on any atom is -0.497 e. The number of nitrogens with one attached hydrogen (secondary N) is 1. The van der Waals surface area contributed by atoms with Crippen molar-refractivity contribution in [3.63, 3.8) is 0 Å². The van der Waals surface area contributed by atoms with Crippen LogP contribution < -0.4 is 19.7 Å². The lowest BCUT2D eigenvalue weighted by Crippen LogP contribution is -2.32. The Balaban J connectivity index is 2.10. The van der Waals surface area contributed by atoms with Crippen molar-refractivity contribution in [2.75, 3.05) is 31.0 Å². The van der Waals surface area contributed by atoms with Crippen LogP contribution in [0.4, 0.5) is 11.4 Å². The summed E-state index contributed by atoms with van der Waals surface area (Å²) in [6.07, 6.45) is 0.160. The quantitative estimate of drug-likeness (QED) is 0.807. The molecule has 0 aliphatic heterocycles. The van der Waals surface area contributed by atoms with E-state index in [0.717, 1.165) is 16.8 Å². The van der Waals surface area contributed by atoms with Gasteiger partial charge in [-0.15, -0.1) is 0 Å². The van der Waals surface area contributed by atoms with Crippen LogP contribution in [0, 0.1) is 13.8 Å². The molecule has 1 N–H and O–H groups in total. The first-order valence-corrected chi connectivity index (χ1v) is 8.73. The van der Waals surface area contributed by atoms with Crippen molar-refractivity contribution in [1.29, 1.82) is 0 Å². The van der Waals surface area contributed by atoms with Crippen LogP contribution in [0.25, 0.3) is 0 Å². The molecule has 0 aromatic heterocycles. The van der Waals surface area contributed by atoms with E-state index in [1.807, 2.05) is 32.0 Å². The Kier molecular flexibility index (Phi) is 6.82. The van der Waals surface area contributed by atoms with Gasteiger partial charge in [0.2, 0.25) is 11.8 Å². The fourth-order valence-electron chi connectivity index (χ4n) is 2.89. The number of nitrogens with zero attached hydrogens (tertiary/aromatic N) is 1. The van der Waals surface area contributed by atoms with Gasteiger partial charge in [0.05, 0.1) is 19.9 Å². The van der Waals surface area contributed by atoms with Gasteiger partial charge in [-0.05, 0) is 37.6 Å². The van der Waals surface area contributed by atoms with Gasteiger partial charge in [-0.25, -0.2) is 0 Å². The third-order valence-electron chi connectivity index (χ3n) is 4.27. The molecule has 0 aliphatic carbocycles. The second kappa shape index (κ2) is 9.07. The fraction of sp³-hybridized carbons (Fsp3) is 0.333. The first-order valence-electron chi connectivity index (χ1n) is 8.73. The maximum absolute atomic E-state index is 12.4. The summed E-state index contributed by atoms with van der Waals surface area (Å²) in [5.74, 6) is 0.847. The average molecular weight is 370 g/mol. The number of carbonyl (C=O) groups excluding carboxylic acids is 2. The molecule has 0 saturated carbocycles. The van der Waals surface area contributed by atoms with Crippen molar-refractivity contribution >= 4 is 23.2 Å². The van der Waals surface area contributed by atoms with Gasteiger partial charge >= 0.3 is 0 Å². The molecule has 0 fully saturated rings. The Hall–Kier alpha value is -3.02. The number of methoxy groups -OCH3 is 2. The van der Waals surface area contributed by atoms with Crippen LogP contribution in [0.15, 0.2) is 36.4 Å². The van der Waals surface area contributed by atoms with Crippen molar-refractivity contribution < 1.29 is 19.1 Å². The maximum Gasteiger partial charge on any atom is 0.226 e. The van der Waals surface area contributed by atoms with E-state index >= 15 is 0 Å². The second-order valence-corrected chi connectivity index (χ2v) is 6.32. The van der Waals surface area contributed by atoms with E-state index < -0.39 is 0 Å². The third-order valence-corrected chi connectivity index (χ3v) is 4.27. The molecule has 2 aromatic carbocycles. The molecule has 0 bridgehead atoms. The zero-order chi connectivity index (χ0) is 20.0. The van der Waals surface area contributed by atoms with E-state index in [-0.39, 0.29) is 24.8 Å². The number of aryl methyl sites for hydroxylation is 2. The van der Waals surface area contributed by atoms with Crippen LogP contribution in [0.5, 0.6) is 11.5 Å². The highest BCUT2D eigenvalue weighted by Gasteiger charge is 2.16. The molecule has 0 unspecified atom stereocenters. The molecule has 0 heterocycles. The van der Waals surface area contributed by atoms with Gasteiger partial charge in [0, 0.05) is 31.6 Å². The Morgan fingerprint density at radius 1 is 1.04 bits per heavy atom. The number of ether oxygens (including phenoxy) is 2. The van der Waals surface area contributed by atoms with Crippen molar-refractivity contribution in [2.45, 2.75) is 27.2 Å². The molecular formula is C21H26N2O4. The van der Waals surface area contributed by atoms with Crippen molar-refractivity contribution in [3.05, 3.63) is 47.5 Å². The number of benzene rings is 2. The monoisotopic (exact) mass is 370 g/mol. The van der Waals surface area contributed by atoms with E-state index in [0.29, 0.717) is 17.2 Å². The number of carbonyl (C=O) groups is 2. The van der Waals surface area contributed by atoms with Gasteiger partial charge in [0.25, 0.3) is 0 Å². The summed E-state index contributed by atoms with van der Waals surface area (Å²) in [5.41, 5.74) is 3.48. The summed E-state index contributed by atoms with van der Waals surface area (Å²) < 4.78 is 10.5. The molecule has 0 atom stereocenters. The Morgan fingerprint density at radius 2 is 1.78 bits per heavy atom. The lowest BCUT2D eigenvalue weighted by atomic mass is 10.1. The molecule has 27 heavy (non-hydrogen) atoms. The number of rotatable bonds is 7. The molecule has 0 spiro atoms. The van der Waals surface area contributed by atoms with Crippen molar-refractivity contribution in [2.24, 2.45) is 0 Å². The first-order chi connectivity index (χ1) is 12.8. The minimum atomic E-state index is -0.211. The van der Waals surface area contributed by atoms with E-state index in [9.17, 15) is 9.59 Å². The molecule has 2 aromatic rings. The number of amides is 2. The standard InChI is InChI=1S/C21H26N2O4/c1-14-6-8-19(15(2)12-14)23(16(3)24)11-10-21(25)22-18-13-17(26-4)7-9-20(18)27-5/h6-9,12-13H,10-11H2,1-5H3,(H,22,25). The van der Waals surface area contributed by atoms with Crippen LogP contribution in [-0.4, -0.2) is 32.6 Å². The van der Waals surface area contributed by atoms with Gasteiger partial charge in [-0.2, -0.15) is 0 Å². The topological polar surface area (TPSA) is 67.9 Å². The summed E-state index contributed by atoms with van der Waals surface area (Å²) in [7, 11) is 3.09. The molecule has 6 nitrogen and oxygen atoms in total. The lowest BCUT2D eigenvalue weighted by molar-refractivity contribution is -0.117. The average Bonchev–Trinajstić information content (AvgIpc) is 2.63. The van der Waals surface area contributed by atoms with Crippen LogP contribution >= 0.6 is 0 Å². The van der Waals surface area contributed by atoms with E-state index in [4.69, 9.17) is 9.47 Å². The molecule has 144 valence electrons. The van der Waals surface area contributed by atoms with Crippen molar-refractivity contribution in [1.82, 2.24) is 0 Å². The van der Waals surface area contributed by atoms with E-state index in [1.165, 1.54) is 14.0 Å². The maximum atomic E-state index is 12.4. The van der Waals surface area contributed by atoms with Gasteiger partial charge in [0.1, 0.15) is 11.5 Å². The molecule has 0 saturated heterocycles. The number of hydrogen-bond acceptors (Lipinski definition) is 4. The van der Waals surface area contributed by atoms with E-state index in [2.05, 4.69) is 5.32 Å². The summed E-state index contributed by atoms with van der Waals surface area (Å²) in [4.78, 5) is 26.1. The Morgan fingerprint density at radius 3 is 2.37 bits per heavy atom. The van der Waals surface area contributed by atoms with Crippen LogP contribution in [0.3, 0.4) is 0 Å². The minimum absolute atomic E-state index is 0.103. The molecular weight excluding hydrogens is 344 g/mol. The molecule has 2 rings (SSSR count). The fourth-order valence-corrected chi connectivity index (χ4v) is 2.89. The van der Waals surface area contributed by atoms with Gasteiger partial charge in [-0.1, -0.05) is 17.7 Å². The Labute approximate surface area is 160 Å². The highest BCUT2D eigenvalue weighted by atomic mass is 16.5. The highest BCUT2D eigenvalue weighted by Crippen LogP contribution is 2.29. The molecule has 2 amide bonds. The first kappa shape index (κ1) is 20.3. The summed E-state index contributed by atoms with van der Waals surface area (Å²) in [6.45, 7) is 5.75. The predicted octanol–water partition coefficient (Wildman–Crippen LogP) is 3.70. The highest BCUT2D eigenvalue weighted by molar-refractivity contribution is 5.96. The van der Waals surface area contributed by atoms with Crippen molar-refractivity contribution in [3.8, 4) is 11.5 Å². The smallest absolute Gasteiger partial charge is 0.226 e. The van der Waals surface area contributed by atoms with Gasteiger partial charge in [-0.3, -0.25) is 9.59 Å². The van der Waals surface area contributed by atoms with Crippen LogP contribution in [0.2, 0.25) is 0 Å². The van der Waals surface area contributed by atoms with Crippen LogP contribution in [-0.2, 0) is 9.59 Å². The summed E-state index contributed by atoms with van der Waals surface area (Å²) >= 11 is 0. The van der Waals surface area contributed by atoms with Crippen LogP contribution in [0.1, 0.15) is 24.5 Å². The predicted molar refractivity (Wildman–Crippen MR) is 107 cm³/mol. The summed E-state index contributed by atoms with van der Waals surface area (Å²) in [5, 5.41) is 2.82. The third kappa shape index (κ3) is 5.23. The summed E-state index contributed by atoms with van der Waals surface area (Å²) in [6, 6.07) is 11.1. The Bertz CT molecular complexity index is 833.